The van der Waals surface area contributed by atoms with E-state index in [0.717, 1.165) is 5.69 Å². The lowest BCUT2D eigenvalue weighted by molar-refractivity contribution is 0.0950. The van der Waals surface area contributed by atoms with E-state index in [2.05, 4.69) is 20.6 Å². The normalized spacial score (nSPS) is 14.7. The fourth-order valence-corrected chi connectivity index (χ4v) is 3.38. The third-order valence-corrected chi connectivity index (χ3v) is 4.72. The maximum absolute atomic E-state index is 12.6. The predicted octanol–water partition coefficient (Wildman–Crippen LogP) is 3.29. The van der Waals surface area contributed by atoms with Crippen LogP contribution in [0.4, 0.5) is 0 Å². The van der Waals surface area contributed by atoms with Crippen LogP contribution in [-0.4, -0.2) is 25.8 Å². The first kappa shape index (κ1) is 16.5. The van der Waals surface area contributed by atoms with Crippen LogP contribution < -0.4 is 5.32 Å². The van der Waals surface area contributed by atoms with Crippen molar-refractivity contribution >= 4 is 5.91 Å². The number of hydrogen-bond acceptors (Lipinski definition) is 5. The molecule has 1 aromatic carbocycles. The molecule has 1 fully saturated rings. The molecule has 1 N–H and O–H groups in total. The van der Waals surface area contributed by atoms with Gasteiger partial charge in [-0.15, -0.1) is 0 Å². The van der Waals surface area contributed by atoms with Gasteiger partial charge in [-0.2, -0.15) is 10.1 Å². The zero-order valence-electron chi connectivity index (χ0n) is 14.7. The summed E-state index contributed by atoms with van der Waals surface area (Å²) >= 11 is 0. The van der Waals surface area contributed by atoms with Gasteiger partial charge in [0.15, 0.2) is 5.82 Å². The van der Waals surface area contributed by atoms with Crippen molar-refractivity contribution < 1.29 is 9.32 Å². The first-order valence-corrected chi connectivity index (χ1v) is 8.92. The summed E-state index contributed by atoms with van der Waals surface area (Å²) in [6, 6.07) is 9.68. The van der Waals surface area contributed by atoms with Crippen molar-refractivity contribution in [3.8, 4) is 11.5 Å². The molecule has 26 heavy (non-hydrogen) atoms. The van der Waals surface area contributed by atoms with Crippen LogP contribution in [0.15, 0.2) is 41.1 Å². The number of aromatic nitrogens is 4. The fourth-order valence-electron chi connectivity index (χ4n) is 3.38. The second-order valence-electron chi connectivity index (χ2n) is 6.60. The monoisotopic (exact) mass is 351 g/mol. The van der Waals surface area contributed by atoms with E-state index in [4.69, 9.17) is 4.52 Å². The summed E-state index contributed by atoms with van der Waals surface area (Å²) in [5.74, 6) is 0.693. The van der Waals surface area contributed by atoms with Gasteiger partial charge in [-0.1, -0.05) is 30.1 Å². The van der Waals surface area contributed by atoms with Gasteiger partial charge >= 0.3 is 0 Å². The largest absolute Gasteiger partial charge is 0.346 e. The zero-order valence-corrected chi connectivity index (χ0v) is 14.7. The number of rotatable bonds is 5. The Morgan fingerprint density at radius 1 is 1.27 bits per heavy atom. The van der Waals surface area contributed by atoms with Gasteiger partial charge in [0.05, 0.1) is 29.4 Å². The second-order valence-corrected chi connectivity index (χ2v) is 6.60. The third kappa shape index (κ3) is 3.37. The average molecular weight is 351 g/mol. The number of nitrogens with zero attached hydrogens (tertiary/aromatic N) is 4. The minimum Gasteiger partial charge on any atom is -0.346 e. The van der Waals surface area contributed by atoms with E-state index in [0.29, 0.717) is 35.4 Å². The molecule has 4 rings (SSSR count). The number of carbonyl (C=O) groups excluding carboxylic acids is 1. The van der Waals surface area contributed by atoms with Crippen LogP contribution in [-0.2, 0) is 6.54 Å². The Morgan fingerprint density at radius 3 is 2.85 bits per heavy atom. The summed E-state index contributed by atoms with van der Waals surface area (Å²) in [6.07, 6.45) is 6.91. The molecule has 1 saturated carbocycles. The summed E-state index contributed by atoms with van der Waals surface area (Å²) in [5.41, 5.74) is 1.99. The molecule has 2 aromatic heterocycles. The van der Waals surface area contributed by atoms with Gasteiger partial charge < -0.3 is 9.84 Å². The first-order valence-electron chi connectivity index (χ1n) is 8.92. The molecule has 1 aliphatic carbocycles. The topological polar surface area (TPSA) is 85.8 Å². The number of nitrogens with one attached hydrogen (secondary N) is 1. The van der Waals surface area contributed by atoms with Gasteiger partial charge in [0.1, 0.15) is 0 Å². The molecule has 134 valence electrons. The lowest BCUT2D eigenvalue weighted by Gasteiger charge is -2.09. The number of amides is 1. The Hall–Kier alpha value is -2.96. The molecule has 0 radical (unpaired) electrons. The van der Waals surface area contributed by atoms with E-state index in [9.17, 15) is 4.79 Å². The standard InChI is InChI=1S/C19H21N5O2/c1-13-21-19(26-23-13)17-9-5-4-8-16(17)18(25)20-12-14-10-11-24(22-14)15-6-2-3-7-15/h4-5,8-11,15H,2-3,6-7,12H2,1H3,(H,20,25). The van der Waals surface area contributed by atoms with Gasteiger partial charge in [0.25, 0.3) is 11.8 Å². The van der Waals surface area contributed by atoms with Crippen LogP contribution in [0, 0.1) is 6.92 Å². The summed E-state index contributed by atoms with van der Waals surface area (Å²) in [7, 11) is 0. The third-order valence-electron chi connectivity index (χ3n) is 4.72. The van der Waals surface area contributed by atoms with Crippen molar-refractivity contribution in [1.29, 1.82) is 0 Å². The van der Waals surface area contributed by atoms with Crippen molar-refractivity contribution in [3.63, 3.8) is 0 Å². The van der Waals surface area contributed by atoms with Crippen LogP contribution in [0.1, 0.15) is 53.6 Å². The predicted molar refractivity (Wildman–Crippen MR) is 95.4 cm³/mol. The molecule has 3 aromatic rings. The lowest BCUT2D eigenvalue weighted by atomic mass is 10.1. The molecule has 2 heterocycles. The molecule has 0 unspecified atom stereocenters. The molecule has 0 spiro atoms. The summed E-state index contributed by atoms with van der Waals surface area (Å²) < 4.78 is 7.24. The maximum atomic E-state index is 12.6. The minimum atomic E-state index is -0.188. The molecular weight excluding hydrogens is 330 g/mol. The highest BCUT2D eigenvalue weighted by molar-refractivity contribution is 5.99. The SMILES string of the molecule is Cc1noc(-c2ccccc2C(=O)NCc2ccn(C3CCCC3)n2)n1. The number of hydrogen-bond donors (Lipinski definition) is 1. The van der Waals surface area contributed by atoms with E-state index in [1.807, 2.05) is 29.1 Å². The highest BCUT2D eigenvalue weighted by Gasteiger charge is 2.19. The molecule has 1 aliphatic rings. The van der Waals surface area contributed by atoms with Crippen LogP contribution in [0.25, 0.3) is 11.5 Å². The van der Waals surface area contributed by atoms with Gasteiger partial charge in [-0.3, -0.25) is 9.48 Å². The van der Waals surface area contributed by atoms with Crippen LogP contribution in [0.2, 0.25) is 0 Å². The molecule has 7 nitrogen and oxygen atoms in total. The van der Waals surface area contributed by atoms with E-state index >= 15 is 0 Å². The van der Waals surface area contributed by atoms with E-state index in [-0.39, 0.29) is 5.91 Å². The zero-order chi connectivity index (χ0) is 17.9. The first-order chi connectivity index (χ1) is 12.7. The van der Waals surface area contributed by atoms with Crippen LogP contribution in [0.5, 0.6) is 0 Å². The van der Waals surface area contributed by atoms with Crippen molar-refractivity contribution in [2.75, 3.05) is 0 Å². The molecule has 1 amide bonds. The minimum absolute atomic E-state index is 0.188. The summed E-state index contributed by atoms with van der Waals surface area (Å²) in [5, 5.41) is 11.3. The smallest absolute Gasteiger partial charge is 0.258 e. The molecular formula is C19H21N5O2. The quantitative estimate of drug-likeness (QED) is 0.762. The lowest BCUT2D eigenvalue weighted by Crippen LogP contribution is -2.24. The highest BCUT2D eigenvalue weighted by atomic mass is 16.5. The fraction of sp³-hybridized carbons (Fsp3) is 0.368. The molecule has 0 bridgehead atoms. The van der Waals surface area contributed by atoms with Crippen LogP contribution in [0.3, 0.4) is 0 Å². The Labute approximate surface area is 151 Å². The Bertz CT molecular complexity index is 908. The number of benzene rings is 1. The number of aryl methyl sites for hydroxylation is 1. The highest BCUT2D eigenvalue weighted by Crippen LogP contribution is 2.28. The van der Waals surface area contributed by atoms with Crippen molar-refractivity contribution in [2.45, 2.75) is 45.2 Å². The maximum Gasteiger partial charge on any atom is 0.258 e. The van der Waals surface area contributed by atoms with Crippen molar-refractivity contribution in [3.05, 3.63) is 53.6 Å². The summed E-state index contributed by atoms with van der Waals surface area (Å²) in [6.45, 7) is 2.13. The Balaban J connectivity index is 1.46. The molecule has 7 heteroatoms. The average Bonchev–Trinajstić information content (AvgIpc) is 3.40. The van der Waals surface area contributed by atoms with Crippen molar-refractivity contribution in [2.24, 2.45) is 0 Å². The van der Waals surface area contributed by atoms with E-state index in [1.54, 1.807) is 19.1 Å². The Kier molecular flexibility index (Phi) is 4.51. The van der Waals surface area contributed by atoms with Gasteiger partial charge in [-0.25, -0.2) is 0 Å². The van der Waals surface area contributed by atoms with Gasteiger partial charge in [0.2, 0.25) is 0 Å². The van der Waals surface area contributed by atoms with Gasteiger partial charge in [-0.05, 0) is 38.0 Å². The van der Waals surface area contributed by atoms with Gasteiger partial charge in [0, 0.05) is 6.20 Å². The summed E-state index contributed by atoms with van der Waals surface area (Å²) in [4.78, 5) is 16.9. The van der Waals surface area contributed by atoms with E-state index < -0.39 is 0 Å². The molecule has 0 aliphatic heterocycles. The Morgan fingerprint density at radius 2 is 2.08 bits per heavy atom. The molecule has 0 atom stereocenters. The second kappa shape index (κ2) is 7.11. The molecule has 0 saturated heterocycles. The van der Waals surface area contributed by atoms with E-state index in [1.165, 1.54) is 25.7 Å². The van der Waals surface area contributed by atoms with Crippen LogP contribution >= 0.6 is 0 Å². The van der Waals surface area contributed by atoms with Crippen molar-refractivity contribution in [1.82, 2.24) is 25.2 Å². The number of carbonyl (C=O) groups is 1.